The maximum Gasteiger partial charge on any atom is 0.307 e. The van der Waals surface area contributed by atoms with Crippen LogP contribution in [0, 0.1) is 22.7 Å². The second kappa shape index (κ2) is 11.0. The standard InChI is InChI=1S/C34H26N2O2P/c35-26-33(37,28-16-6-1-7-17-28)38-34(27-36,29-18-8-2-9-19-29)39(30-20-10-3-11-21-30,31-22-12-4-13-23-31)32-24-14-5-15-25-32/h1-25,37H/q+1. The Bertz CT molecular complexity index is 1510. The third-order valence-electron chi connectivity index (χ3n) is 6.83. The summed E-state index contributed by atoms with van der Waals surface area (Å²) in [6.45, 7) is 0. The minimum atomic E-state index is -3.14. The van der Waals surface area contributed by atoms with Gasteiger partial charge in [-0.15, -0.1) is 0 Å². The van der Waals surface area contributed by atoms with Crippen LogP contribution in [0.4, 0.5) is 0 Å². The number of hydrogen-bond donors (Lipinski definition) is 1. The Morgan fingerprint density at radius 1 is 0.487 bits per heavy atom. The van der Waals surface area contributed by atoms with Crippen molar-refractivity contribution in [2.45, 2.75) is 11.1 Å². The second-order valence-corrected chi connectivity index (χ2v) is 12.5. The molecule has 188 valence electrons. The first kappa shape index (κ1) is 26.1. The molecule has 0 aliphatic rings. The van der Waals surface area contributed by atoms with E-state index >= 15 is 0 Å². The normalized spacial score (nSPS) is 14.2. The first-order chi connectivity index (χ1) is 19.1. The second-order valence-electron chi connectivity index (χ2n) is 9.02. The number of benzene rings is 5. The molecule has 0 saturated carbocycles. The van der Waals surface area contributed by atoms with E-state index in [2.05, 4.69) is 6.07 Å². The SMILES string of the molecule is N#CC(O)(OC(C#N)(c1ccccc1)[P+](c1ccccc1)(c1ccccc1)c1ccccc1)c1ccccc1. The molecule has 0 fully saturated rings. The highest BCUT2D eigenvalue weighted by atomic mass is 31.2. The highest BCUT2D eigenvalue weighted by molar-refractivity contribution is 7.96. The van der Waals surface area contributed by atoms with Crippen LogP contribution in [0.3, 0.4) is 0 Å². The largest absolute Gasteiger partial charge is 0.350 e. The summed E-state index contributed by atoms with van der Waals surface area (Å²) in [7, 11) is -3.14. The zero-order chi connectivity index (χ0) is 27.2. The molecule has 5 rings (SSSR count). The molecule has 0 radical (unpaired) electrons. The lowest BCUT2D eigenvalue weighted by Gasteiger charge is -2.42. The number of hydrogen-bond acceptors (Lipinski definition) is 4. The van der Waals surface area contributed by atoms with E-state index in [9.17, 15) is 15.6 Å². The van der Waals surface area contributed by atoms with Crippen LogP contribution >= 0.6 is 7.26 Å². The van der Waals surface area contributed by atoms with Crippen LogP contribution in [0.25, 0.3) is 0 Å². The van der Waals surface area contributed by atoms with Gasteiger partial charge in [-0.1, -0.05) is 115 Å². The molecule has 0 aromatic heterocycles. The summed E-state index contributed by atoms with van der Waals surface area (Å²) in [5.41, 5.74) is 0.789. The number of nitriles is 2. The van der Waals surface area contributed by atoms with E-state index < -0.39 is 18.4 Å². The maximum atomic E-state index is 11.9. The molecule has 0 saturated heterocycles. The van der Waals surface area contributed by atoms with Gasteiger partial charge in [0.2, 0.25) is 0 Å². The third kappa shape index (κ3) is 4.42. The molecule has 0 spiro atoms. The van der Waals surface area contributed by atoms with Crippen LogP contribution < -0.4 is 15.9 Å². The zero-order valence-corrected chi connectivity index (χ0v) is 22.0. The van der Waals surface area contributed by atoms with Crippen molar-refractivity contribution in [1.82, 2.24) is 0 Å². The zero-order valence-electron chi connectivity index (χ0n) is 21.1. The lowest BCUT2D eigenvalue weighted by atomic mass is 10.1. The van der Waals surface area contributed by atoms with E-state index in [1.807, 2.05) is 127 Å². The molecule has 0 amide bonds. The van der Waals surface area contributed by atoms with Crippen molar-refractivity contribution in [3.63, 3.8) is 0 Å². The van der Waals surface area contributed by atoms with Crippen molar-refractivity contribution in [1.29, 1.82) is 10.5 Å². The van der Waals surface area contributed by atoms with Gasteiger partial charge in [0.25, 0.3) is 5.79 Å². The van der Waals surface area contributed by atoms with Crippen LogP contribution in [0.1, 0.15) is 11.1 Å². The van der Waals surface area contributed by atoms with Gasteiger partial charge in [-0.25, -0.2) is 0 Å². The van der Waals surface area contributed by atoms with Crippen molar-refractivity contribution >= 4 is 23.2 Å². The van der Waals surface area contributed by atoms with Gasteiger partial charge in [-0.3, -0.25) is 4.74 Å². The summed E-state index contributed by atoms with van der Waals surface area (Å²) in [6, 6.07) is 51.7. The van der Waals surface area contributed by atoms with Gasteiger partial charge in [0.15, 0.2) is 7.26 Å². The van der Waals surface area contributed by atoms with Gasteiger partial charge < -0.3 is 5.11 Å². The Balaban J connectivity index is 1.97. The monoisotopic (exact) mass is 525 g/mol. The predicted molar refractivity (Wildman–Crippen MR) is 156 cm³/mol. The summed E-state index contributed by atoms with van der Waals surface area (Å²) in [6.07, 6.45) is 0. The number of ether oxygens (including phenoxy) is 1. The van der Waals surface area contributed by atoms with Crippen molar-refractivity contribution in [2.24, 2.45) is 0 Å². The van der Waals surface area contributed by atoms with Crippen LogP contribution in [0.5, 0.6) is 0 Å². The predicted octanol–water partition coefficient (Wildman–Crippen LogP) is 5.74. The average Bonchev–Trinajstić information content (AvgIpc) is 3.03. The Hall–Kier alpha value is -4.57. The van der Waals surface area contributed by atoms with Gasteiger partial charge in [0.1, 0.15) is 28.1 Å². The lowest BCUT2D eigenvalue weighted by molar-refractivity contribution is -0.201. The molecule has 4 nitrogen and oxygen atoms in total. The highest BCUT2D eigenvalue weighted by Crippen LogP contribution is 2.71. The van der Waals surface area contributed by atoms with Crippen molar-refractivity contribution in [3.8, 4) is 12.1 Å². The molecular weight excluding hydrogens is 499 g/mol. The fraction of sp³-hybridized carbons (Fsp3) is 0.0588. The minimum Gasteiger partial charge on any atom is -0.350 e. The number of rotatable bonds is 8. The van der Waals surface area contributed by atoms with E-state index in [-0.39, 0.29) is 5.56 Å². The van der Waals surface area contributed by atoms with E-state index in [1.165, 1.54) is 0 Å². The topological polar surface area (TPSA) is 77.0 Å². The summed E-state index contributed by atoms with van der Waals surface area (Å²) in [5, 5.41) is 34.5. The van der Waals surface area contributed by atoms with Gasteiger partial charge in [0, 0.05) is 11.1 Å². The van der Waals surface area contributed by atoms with Crippen LogP contribution in [0.2, 0.25) is 0 Å². The molecule has 2 unspecified atom stereocenters. The van der Waals surface area contributed by atoms with Crippen LogP contribution in [-0.2, 0) is 15.9 Å². The minimum absolute atomic E-state index is 0.246. The molecule has 0 bridgehead atoms. The molecule has 0 aliphatic carbocycles. The molecule has 2 atom stereocenters. The molecule has 5 heteroatoms. The smallest absolute Gasteiger partial charge is 0.307 e. The first-order valence-electron chi connectivity index (χ1n) is 12.5. The fourth-order valence-corrected chi connectivity index (χ4v) is 9.92. The van der Waals surface area contributed by atoms with Gasteiger partial charge in [0.05, 0.1) is 0 Å². The molecule has 0 heterocycles. The summed E-state index contributed by atoms with van der Waals surface area (Å²) < 4.78 is 6.71. The van der Waals surface area contributed by atoms with Gasteiger partial charge >= 0.3 is 5.34 Å². The fourth-order valence-electron chi connectivity index (χ4n) is 5.12. The van der Waals surface area contributed by atoms with Gasteiger partial charge in [-0.05, 0) is 36.4 Å². The van der Waals surface area contributed by atoms with E-state index in [1.54, 1.807) is 30.3 Å². The van der Waals surface area contributed by atoms with Crippen molar-refractivity contribution < 1.29 is 9.84 Å². The van der Waals surface area contributed by atoms with E-state index in [4.69, 9.17) is 4.74 Å². The van der Waals surface area contributed by atoms with Crippen LogP contribution in [-0.4, -0.2) is 5.11 Å². The summed E-state index contributed by atoms with van der Waals surface area (Å²) in [4.78, 5) is 0. The Morgan fingerprint density at radius 3 is 1.15 bits per heavy atom. The molecule has 0 aliphatic heterocycles. The molecule has 5 aromatic rings. The van der Waals surface area contributed by atoms with Crippen molar-refractivity contribution in [2.75, 3.05) is 0 Å². The molecular formula is C34H26N2O2P+. The quantitative estimate of drug-likeness (QED) is 0.159. The summed E-state index contributed by atoms with van der Waals surface area (Å²) in [5.74, 6) is -2.42. The summed E-state index contributed by atoms with van der Waals surface area (Å²) >= 11 is 0. The third-order valence-corrected chi connectivity index (χ3v) is 11.4. The van der Waals surface area contributed by atoms with E-state index in [0.29, 0.717) is 5.56 Å². The number of aliphatic hydroxyl groups is 1. The Morgan fingerprint density at radius 2 is 0.821 bits per heavy atom. The molecule has 39 heavy (non-hydrogen) atoms. The van der Waals surface area contributed by atoms with Gasteiger partial charge in [-0.2, -0.15) is 10.5 Å². The first-order valence-corrected chi connectivity index (χ1v) is 14.3. The van der Waals surface area contributed by atoms with Crippen LogP contribution in [0.15, 0.2) is 152 Å². The van der Waals surface area contributed by atoms with E-state index in [0.717, 1.165) is 15.9 Å². The average molecular weight is 526 g/mol. The Kier molecular flexibility index (Phi) is 7.38. The van der Waals surface area contributed by atoms with Crippen molar-refractivity contribution in [3.05, 3.63) is 163 Å². The highest BCUT2D eigenvalue weighted by Gasteiger charge is 2.68. The molecule has 5 aromatic carbocycles. The maximum absolute atomic E-state index is 11.9. The lowest BCUT2D eigenvalue weighted by Crippen LogP contribution is -2.50. The number of nitrogens with zero attached hydrogens (tertiary/aromatic N) is 2. The Labute approximate surface area is 229 Å². The molecule has 1 N–H and O–H groups in total.